The molecule has 1 rings (SSSR count). The fourth-order valence-electron chi connectivity index (χ4n) is 0.560. The first-order valence-electron chi connectivity index (χ1n) is 2.32. The van der Waals surface area contributed by atoms with Crippen molar-refractivity contribution in [2.75, 3.05) is 13.2 Å². The summed E-state index contributed by atoms with van der Waals surface area (Å²) in [6, 6.07) is -0.153. The van der Waals surface area contributed by atoms with Gasteiger partial charge in [-0.3, -0.25) is 0 Å². The lowest BCUT2D eigenvalue weighted by atomic mass is 10.2. The average Bonchev–Trinajstić information content (AvgIpc) is 1.91. The second-order valence-electron chi connectivity index (χ2n) is 1.77. The van der Waals surface area contributed by atoms with Crippen molar-refractivity contribution in [3.05, 3.63) is 0 Å². The second-order valence-corrected chi connectivity index (χ2v) is 1.77. The van der Waals surface area contributed by atoms with Gasteiger partial charge in [-0.25, -0.2) is 0 Å². The van der Waals surface area contributed by atoms with E-state index in [1.165, 1.54) is 0 Å². The van der Waals surface area contributed by atoms with Gasteiger partial charge in [0.05, 0.1) is 25.4 Å². The molecule has 0 bridgehead atoms. The van der Waals surface area contributed by atoms with Gasteiger partial charge in [-0.15, -0.1) is 0 Å². The van der Waals surface area contributed by atoms with Crippen LogP contribution in [-0.4, -0.2) is 30.5 Å². The van der Waals surface area contributed by atoms with E-state index >= 15 is 0 Å². The van der Waals surface area contributed by atoms with Gasteiger partial charge in [0.1, 0.15) is 0 Å². The zero-order chi connectivity index (χ0) is 5.28. The Bertz CT molecular complexity index is 58.7. The van der Waals surface area contributed by atoms with Gasteiger partial charge in [-0.05, 0) is 0 Å². The van der Waals surface area contributed by atoms with Crippen LogP contribution in [0.4, 0.5) is 0 Å². The first-order valence-corrected chi connectivity index (χ1v) is 2.32. The lowest BCUT2D eigenvalue weighted by Crippen LogP contribution is -2.32. The molecule has 0 spiro atoms. The van der Waals surface area contributed by atoms with E-state index < -0.39 is 6.10 Å². The average molecular weight is 103 g/mol. The van der Waals surface area contributed by atoms with E-state index in [4.69, 9.17) is 15.6 Å². The molecule has 2 atom stereocenters. The van der Waals surface area contributed by atoms with E-state index in [-0.39, 0.29) is 6.04 Å². The molecule has 0 amide bonds. The molecule has 0 aromatic heterocycles. The van der Waals surface area contributed by atoms with Gasteiger partial charge in [0.2, 0.25) is 0 Å². The van der Waals surface area contributed by atoms with E-state index in [0.29, 0.717) is 13.2 Å². The SMILES string of the molecule is NC1COC[C@@H]1O. The highest BCUT2D eigenvalue weighted by Gasteiger charge is 2.21. The Morgan fingerprint density at radius 1 is 1.57 bits per heavy atom. The Morgan fingerprint density at radius 3 is 2.43 bits per heavy atom. The van der Waals surface area contributed by atoms with Gasteiger partial charge in [0, 0.05) is 0 Å². The smallest absolute Gasteiger partial charge is 0.0946 e. The summed E-state index contributed by atoms with van der Waals surface area (Å²) >= 11 is 0. The molecule has 3 heteroatoms. The molecule has 0 aliphatic carbocycles. The molecule has 0 saturated carbocycles. The molecule has 1 heterocycles. The maximum absolute atomic E-state index is 8.75. The summed E-state index contributed by atoms with van der Waals surface area (Å²) in [5.41, 5.74) is 5.30. The Labute approximate surface area is 42.1 Å². The standard InChI is InChI=1S/C4H9NO2/c5-3-1-7-2-4(3)6/h3-4,6H,1-2,5H2/t3?,4-/m0/s1. The Kier molecular flexibility index (Phi) is 1.27. The van der Waals surface area contributed by atoms with Crippen molar-refractivity contribution >= 4 is 0 Å². The molecule has 1 saturated heterocycles. The van der Waals surface area contributed by atoms with Gasteiger partial charge in [-0.1, -0.05) is 0 Å². The number of hydrogen-bond acceptors (Lipinski definition) is 3. The Morgan fingerprint density at radius 2 is 2.29 bits per heavy atom. The predicted molar refractivity (Wildman–Crippen MR) is 24.8 cm³/mol. The van der Waals surface area contributed by atoms with Gasteiger partial charge in [-0.2, -0.15) is 0 Å². The van der Waals surface area contributed by atoms with Crippen molar-refractivity contribution in [3.63, 3.8) is 0 Å². The molecular formula is C4H9NO2. The van der Waals surface area contributed by atoms with Crippen LogP contribution in [0.25, 0.3) is 0 Å². The van der Waals surface area contributed by atoms with Crippen molar-refractivity contribution in [1.82, 2.24) is 0 Å². The normalized spacial score (nSPS) is 42.0. The molecule has 1 fully saturated rings. The third kappa shape index (κ3) is 0.907. The zero-order valence-corrected chi connectivity index (χ0v) is 4.00. The highest BCUT2D eigenvalue weighted by atomic mass is 16.5. The topological polar surface area (TPSA) is 55.5 Å². The Balaban J connectivity index is 2.33. The molecule has 42 valence electrons. The summed E-state index contributed by atoms with van der Waals surface area (Å²) in [5.74, 6) is 0. The van der Waals surface area contributed by atoms with E-state index in [2.05, 4.69) is 0 Å². The van der Waals surface area contributed by atoms with Crippen LogP contribution < -0.4 is 5.73 Å². The number of nitrogens with two attached hydrogens (primary N) is 1. The summed E-state index contributed by atoms with van der Waals surface area (Å²) in [6.45, 7) is 0.905. The largest absolute Gasteiger partial charge is 0.389 e. The molecule has 3 N–H and O–H groups in total. The Hall–Kier alpha value is -0.120. The van der Waals surface area contributed by atoms with Crippen LogP contribution in [0.15, 0.2) is 0 Å². The minimum atomic E-state index is -0.431. The monoisotopic (exact) mass is 103 g/mol. The third-order valence-electron chi connectivity index (χ3n) is 1.09. The van der Waals surface area contributed by atoms with Gasteiger partial charge in [0.25, 0.3) is 0 Å². The summed E-state index contributed by atoms with van der Waals surface area (Å²) in [5, 5.41) is 8.75. The summed E-state index contributed by atoms with van der Waals surface area (Å²) in [6.07, 6.45) is -0.431. The zero-order valence-electron chi connectivity index (χ0n) is 4.00. The highest BCUT2D eigenvalue weighted by Crippen LogP contribution is 2.00. The number of hydrogen-bond donors (Lipinski definition) is 2. The quantitative estimate of drug-likeness (QED) is 0.401. The van der Waals surface area contributed by atoms with Crippen LogP contribution in [-0.2, 0) is 4.74 Å². The minimum absolute atomic E-state index is 0.153. The molecule has 0 aromatic carbocycles. The van der Waals surface area contributed by atoms with Crippen molar-refractivity contribution in [2.24, 2.45) is 5.73 Å². The van der Waals surface area contributed by atoms with Crippen LogP contribution >= 0.6 is 0 Å². The molecule has 0 radical (unpaired) electrons. The van der Waals surface area contributed by atoms with Gasteiger partial charge in [0.15, 0.2) is 0 Å². The fourth-order valence-corrected chi connectivity index (χ4v) is 0.560. The lowest BCUT2D eigenvalue weighted by molar-refractivity contribution is 0.125. The van der Waals surface area contributed by atoms with E-state index in [0.717, 1.165) is 0 Å². The van der Waals surface area contributed by atoms with Crippen molar-refractivity contribution in [3.8, 4) is 0 Å². The van der Waals surface area contributed by atoms with Gasteiger partial charge >= 0.3 is 0 Å². The number of aliphatic hydroxyl groups excluding tert-OH is 1. The lowest BCUT2D eigenvalue weighted by Gasteiger charge is -2.01. The maximum Gasteiger partial charge on any atom is 0.0946 e. The number of rotatable bonds is 0. The third-order valence-corrected chi connectivity index (χ3v) is 1.09. The number of ether oxygens (including phenoxy) is 1. The molecule has 7 heavy (non-hydrogen) atoms. The van der Waals surface area contributed by atoms with Crippen LogP contribution in [0.2, 0.25) is 0 Å². The highest BCUT2D eigenvalue weighted by molar-refractivity contribution is 4.75. The van der Waals surface area contributed by atoms with E-state index in [9.17, 15) is 0 Å². The first kappa shape index (κ1) is 5.03. The van der Waals surface area contributed by atoms with Crippen LogP contribution in [0.5, 0.6) is 0 Å². The summed E-state index contributed by atoms with van der Waals surface area (Å²) in [7, 11) is 0. The van der Waals surface area contributed by atoms with Crippen molar-refractivity contribution < 1.29 is 9.84 Å². The summed E-state index contributed by atoms with van der Waals surface area (Å²) in [4.78, 5) is 0. The molecule has 1 aliphatic heterocycles. The second kappa shape index (κ2) is 1.78. The molecule has 0 aromatic rings. The van der Waals surface area contributed by atoms with Gasteiger partial charge < -0.3 is 15.6 Å². The maximum atomic E-state index is 8.75. The fraction of sp³-hybridized carbons (Fsp3) is 1.00. The van der Waals surface area contributed by atoms with Crippen molar-refractivity contribution in [1.29, 1.82) is 0 Å². The predicted octanol–water partition coefficient (Wildman–Crippen LogP) is -1.30. The van der Waals surface area contributed by atoms with Crippen LogP contribution in [0, 0.1) is 0 Å². The van der Waals surface area contributed by atoms with Crippen LogP contribution in [0.3, 0.4) is 0 Å². The van der Waals surface area contributed by atoms with Crippen molar-refractivity contribution in [2.45, 2.75) is 12.1 Å². The van der Waals surface area contributed by atoms with Crippen LogP contribution in [0.1, 0.15) is 0 Å². The molecule has 1 unspecified atom stereocenters. The molecule has 3 nitrogen and oxygen atoms in total. The van der Waals surface area contributed by atoms with E-state index in [1.54, 1.807) is 0 Å². The van der Waals surface area contributed by atoms with E-state index in [1.807, 2.05) is 0 Å². The summed E-state index contributed by atoms with van der Waals surface area (Å²) < 4.78 is 4.79. The first-order chi connectivity index (χ1) is 3.30. The minimum Gasteiger partial charge on any atom is -0.389 e. The molecule has 1 aliphatic rings. The number of aliphatic hydroxyl groups is 1. The molecular weight excluding hydrogens is 94.0 g/mol.